The van der Waals surface area contributed by atoms with Gasteiger partial charge in [0.25, 0.3) is 0 Å². The number of nitrogens with one attached hydrogen (secondary N) is 1. The first-order valence-corrected chi connectivity index (χ1v) is 13.2. The van der Waals surface area contributed by atoms with Crippen LogP contribution >= 0.6 is 11.8 Å². The summed E-state index contributed by atoms with van der Waals surface area (Å²) >= 11 is 1.67. The highest BCUT2D eigenvalue weighted by molar-refractivity contribution is 7.99. The molecule has 0 saturated carbocycles. The van der Waals surface area contributed by atoms with Gasteiger partial charge in [-0.2, -0.15) is 0 Å². The molecule has 0 unspecified atom stereocenters. The van der Waals surface area contributed by atoms with E-state index in [9.17, 15) is 9.59 Å². The Morgan fingerprint density at radius 3 is 2.03 bits per heavy atom. The number of amides is 2. The van der Waals surface area contributed by atoms with Gasteiger partial charge < -0.3 is 10.2 Å². The maximum Gasteiger partial charge on any atom is 0.243 e. The summed E-state index contributed by atoms with van der Waals surface area (Å²) in [6.07, 6.45) is 0.840. The van der Waals surface area contributed by atoms with Gasteiger partial charge in [0.1, 0.15) is 6.04 Å². The maximum absolute atomic E-state index is 13.6. The number of nitrogens with zero attached hydrogens (tertiary/aromatic N) is 1. The molecule has 1 N–H and O–H groups in total. The molecule has 3 aromatic carbocycles. The largest absolute Gasteiger partial charge is 0.352 e. The van der Waals surface area contributed by atoms with Crippen LogP contribution in [0.4, 0.5) is 0 Å². The van der Waals surface area contributed by atoms with Crippen molar-refractivity contribution in [2.45, 2.75) is 64.1 Å². The fourth-order valence-electron chi connectivity index (χ4n) is 3.86. The monoisotopic (exact) mass is 488 g/mol. The molecule has 0 aliphatic rings. The van der Waals surface area contributed by atoms with Crippen LogP contribution < -0.4 is 5.32 Å². The molecule has 2 amide bonds. The van der Waals surface area contributed by atoms with Gasteiger partial charge in [-0.3, -0.25) is 9.59 Å². The molecule has 5 heteroatoms. The summed E-state index contributed by atoms with van der Waals surface area (Å²) < 4.78 is 0. The maximum atomic E-state index is 13.6. The lowest BCUT2D eigenvalue weighted by Crippen LogP contribution is -2.51. The van der Waals surface area contributed by atoms with Crippen LogP contribution in [-0.4, -0.2) is 34.6 Å². The van der Waals surface area contributed by atoms with Gasteiger partial charge in [0.2, 0.25) is 11.8 Å². The van der Waals surface area contributed by atoms with Crippen LogP contribution in [0.3, 0.4) is 0 Å². The molecule has 35 heavy (non-hydrogen) atoms. The second kappa shape index (κ2) is 13.1. The summed E-state index contributed by atoms with van der Waals surface area (Å²) in [4.78, 5) is 29.9. The van der Waals surface area contributed by atoms with Crippen molar-refractivity contribution in [1.29, 1.82) is 0 Å². The first-order chi connectivity index (χ1) is 16.8. The van der Waals surface area contributed by atoms with E-state index in [-0.39, 0.29) is 17.9 Å². The highest BCUT2D eigenvalue weighted by atomic mass is 32.2. The Kier molecular flexibility index (Phi) is 9.98. The van der Waals surface area contributed by atoms with Crippen LogP contribution in [0.5, 0.6) is 0 Å². The Morgan fingerprint density at radius 1 is 0.829 bits per heavy atom. The summed E-state index contributed by atoms with van der Waals surface area (Å²) in [7, 11) is 0. The van der Waals surface area contributed by atoms with Gasteiger partial charge in [-0.1, -0.05) is 77.9 Å². The first kappa shape index (κ1) is 26.6. The van der Waals surface area contributed by atoms with E-state index in [0.29, 0.717) is 25.1 Å². The number of aryl methyl sites for hydroxylation is 2. The smallest absolute Gasteiger partial charge is 0.243 e. The molecule has 0 saturated heterocycles. The summed E-state index contributed by atoms with van der Waals surface area (Å²) in [6.45, 7) is 8.40. The summed E-state index contributed by atoms with van der Waals surface area (Å²) in [5, 5.41) is 3.04. The van der Waals surface area contributed by atoms with E-state index in [0.717, 1.165) is 16.0 Å². The summed E-state index contributed by atoms with van der Waals surface area (Å²) in [5.74, 6) is 0.538. The van der Waals surface area contributed by atoms with E-state index in [1.165, 1.54) is 11.1 Å². The van der Waals surface area contributed by atoms with Crippen molar-refractivity contribution in [2.75, 3.05) is 5.75 Å². The lowest BCUT2D eigenvalue weighted by atomic mass is 10.0. The van der Waals surface area contributed by atoms with Crippen molar-refractivity contribution >= 4 is 23.6 Å². The molecule has 1 atom stereocenters. The Bertz CT molecular complexity index is 1080. The molecule has 3 aromatic rings. The molecule has 0 aliphatic carbocycles. The minimum atomic E-state index is -0.585. The molecule has 0 fully saturated rings. The van der Waals surface area contributed by atoms with E-state index in [4.69, 9.17) is 0 Å². The highest BCUT2D eigenvalue weighted by Gasteiger charge is 2.30. The van der Waals surface area contributed by atoms with E-state index in [2.05, 4.69) is 36.5 Å². The molecule has 3 rings (SSSR count). The third kappa shape index (κ3) is 8.59. The van der Waals surface area contributed by atoms with Crippen molar-refractivity contribution in [3.8, 4) is 0 Å². The molecule has 184 valence electrons. The number of hydrogen-bond acceptors (Lipinski definition) is 3. The third-order valence-electron chi connectivity index (χ3n) is 5.78. The van der Waals surface area contributed by atoms with Crippen molar-refractivity contribution in [3.05, 3.63) is 101 Å². The zero-order valence-corrected chi connectivity index (χ0v) is 22.0. The standard InChI is InChI=1S/C30H36N2O2S/c1-22(2)31-30(34)28(20-25-8-6-5-7-9-25)32(21-26-14-10-23(3)11-15-26)29(33)18-19-35-27-16-12-24(4)13-17-27/h5-17,22,28H,18-21H2,1-4H3,(H,31,34)/t28-/m0/s1. The molecule has 0 radical (unpaired) electrons. The normalized spacial score (nSPS) is 11.8. The fraction of sp³-hybridized carbons (Fsp3) is 0.333. The molecule has 0 bridgehead atoms. The van der Waals surface area contributed by atoms with Gasteiger partial charge in [0.15, 0.2) is 0 Å². The fourth-order valence-corrected chi connectivity index (χ4v) is 4.70. The van der Waals surface area contributed by atoms with Crippen molar-refractivity contribution in [1.82, 2.24) is 10.2 Å². The number of rotatable bonds is 11. The quantitative estimate of drug-likeness (QED) is 0.339. The van der Waals surface area contributed by atoms with E-state index < -0.39 is 6.04 Å². The summed E-state index contributed by atoms with van der Waals surface area (Å²) in [5.41, 5.74) is 4.44. The van der Waals surface area contributed by atoms with Crippen LogP contribution in [0, 0.1) is 13.8 Å². The number of thioether (sulfide) groups is 1. The summed E-state index contributed by atoms with van der Waals surface area (Å²) in [6, 6.07) is 25.8. The second-order valence-corrected chi connectivity index (χ2v) is 10.5. The molecule has 0 aromatic heterocycles. The average molecular weight is 489 g/mol. The Hall–Kier alpha value is -3.05. The minimum Gasteiger partial charge on any atom is -0.352 e. The molecule has 0 heterocycles. The highest BCUT2D eigenvalue weighted by Crippen LogP contribution is 2.21. The van der Waals surface area contributed by atoms with Gasteiger partial charge in [0, 0.05) is 36.1 Å². The number of benzene rings is 3. The minimum absolute atomic E-state index is 0.00538. The van der Waals surface area contributed by atoms with Gasteiger partial charge in [-0.05, 0) is 51.0 Å². The topological polar surface area (TPSA) is 49.4 Å². The van der Waals surface area contributed by atoms with Crippen LogP contribution in [0.25, 0.3) is 0 Å². The average Bonchev–Trinajstić information content (AvgIpc) is 2.84. The molecular weight excluding hydrogens is 452 g/mol. The van der Waals surface area contributed by atoms with Crippen LogP contribution in [0.2, 0.25) is 0 Å². The van der Waals surface area contributed by atoms with Crippen LogP contribution in [-0.2, 0) is 22.6 Å². The van der Waals surface area contributed by atoms with E-state index in [1.807, 2.05) is 75.4 Å². The Morgan fingerprint density at radius 2 is 1.43 bits per heavy atom. The predicted molar refractivity (Wildman–Crippen MR) is 145 cm³/mol. The van der Waals surface area contributed by atoms with Crippen LogP contribution in [0.1, 0.15) is 42.5 Å². The van der Waals surface area contributed by atoms with Gasteiger partial charge in [-0.15, -0.1) is 11.8 Å². The number of carbonyl (C=O) groups is 2. The second-order valence-electron chi connectivity index (χ2n) is 9.29. The Balaban J connectivity index is 1.83. The van der Waals surface area contributed by atoms with Gasteiger partial charge >= 0.3 is 0 Å². The van der Waals surface area contributed by atoms with Gasteiger partial charge in [0.05, 0.1) is 0 Å². The number of carbonyl (C=O) groups excluding carboxylic acids is 2. The lowest BCUT2D eigenvalue weighted by molar-refractivity contribution is -0.141. The Labute approximate surface area is 214 Å². The predicted octanol–water partition coefficient (Wildman–Crippen LogP) is 5.95. The number of hydrogen-bond donors (Lipinski definition) is 1. The SMILES string of the molecule is Cc1ccc(CN(C(=O)CCSc2ccc(C)cc2)[C@@H](Cc2ccccc2)C(=O)NC(C)C)cc1. The third-order valence-corrected chi connectivity index (χ3v) is 6.79. The van der Waals surface area contributed by atoms with Crippen molar-refractivity contribution in [3.63, 3.8) is 0 Å². The zero-order valence-electron chi connectivity index (χ0n) is 21.2. The first-order valence-electron chi connectivity index (χ1n) is 12.2. The van der Waals surface area contributed by atoms with Crippen molar-refractivity contribution < 1.29 is 9.59 Å². The van der Waals surface area contributed by atoms with Crippen molar-refractivity contribution in [2.24, 2.45) is 0 Å². The molecule has 0 spiro atoms. The van der Waals surface area contributed by atoms with Crippen LogP contribution in [0.15, 0.2) is 83.8 Å². The lowest BCUT2D eigenvalue weighted by Gasteiger charge is -2.32. The molecular formula is C30H36N2O2S. The molecule has 0 aliphatic heterocycles. The van der Waals surface area contributed by atoms with Gasteiger partial charge in [-0.25, -0.2) is 0 Å². The van der Waals surface area contributed by atoms with E-state index >= 15 is 0 Å². The zero-order chi connectivity index (χ0) is 25.2. The van der Waals surface area contributed by atoms with E-state index in [1.54, 1.807) is 16.7 Å². The molecule has 4 nitrogen and oxygen atoms in total.